The van der Waals surface area contributed by atoms with Gasteiger partial charge in [0.25, 0.3) is 0 Å². The van der Waals surface area contributed by atoms with Crippen LogP contribution in [0.3, 0.4) is 0 Å². The second-order valence-electron chi connectivity index (χ2n) is 5.50. The van der Waals surface area contributed by atoms with Gasteiger partial charge in [0.2, 0.25) is 0 Å². The van der Waals surface area contributed by atoms with Gasteiger partial charge in [0, 0.05) is 22.4 Å². The van der Waals surface area contributed by atoms with Gasteiger partial charge in [-0.2, -0.15) is 0 Å². The molecule has 0 unspecified atom stereocenters. The van der Waals surface area contributed by atoms with Crippen LogP contribution in [0.15, 0.2) is 36.8 Å². The van der Waals surface area contributed by atoms with Gasteiger partial charge >= 0.3 is 5.97 Å². The molecule has 0 aliphatic carbocycles. The molecule has 0 N–H and O–H groups in total. The monoisotopic (exact) mass is 390 g/mol. The summed E-state index contributed by atoms with van der Waals surface area (Å²) in [6.07, 6.45) is 4.73. The molecule has 134 valence electrons. The number of halogens is 2. The minimum atomic E-state index is -0.453. The van der Waals surface area contributed by atoms with Gasteiger partial charge in [0.15, 0.2) is 11.5 Å². The van der Waals surface area contributed by atoms with Crippen LogP contribution >= 0.6 is 23.2 Å². The van der Waals surface area contributed by atoms with Gasteiger partial charge in [-0.15, -0.1) is 0 Å². The largest absolute Gasteiger partial charge is 0.461 e. The van der Waals surface area contributed by atoms with Gasteiger partial charge in [-0.25, -0.2) is 14.8 Å². The molecule has 0 amide bonds. The molecule has 0 fully saturated rings. The molecule has 0 aliphatic heterocycles. The first kappa shape index (κ1) is 18.4. The Bertz CT molecular complexity index is 942. The van der Waals surface area contributed by atoms with Gasteiger partial charge in [-0.3, -0.25) is 4.98 Å². The number of carbonyl (C=O) groups excluding carboxylic acids is 1. The zero-order chi connectivity index (χ0) is 18.7. The minimum absolute atomic E-state index is 0.266. The number of hydrogen-bond donors (Lipinski definition) is 0. The van der Waals surface area contributed by atoms with Crippen LogP contribution in [0.25, 0.3) is 11.5 Å². The summed E-state index contributed by atoms with van der Waals surface area (Å²) in [5.74, 6) is 0.0560. The van der Waals surface area contributed by atoms with Crippen LogP contribution in [-0.4, -0.2) is 32.1 Å². The number of imidazole rings is 1. The maximum Gasteiger partial charge on any atom is 0.356 e. The van der Waals surface area contributed by atoms with Gasteiger partial charge < -0.3 is 9.30 Å². The normalized spacial score (nSPS) is 10.8. The predicted octanol–water partition coefficient (Wildman–Crippen LogP) is 4.18. The minimum Gasteiger partial charge on any atom is -0.461 e. The lowest BCUT2D eigenvalue weighted by Crippen LogP contribution is -2.15. The standard InChI is InChI=1S/C18H16Cl2N4O2/c1-3-26-18(25)16-11(2)23-17(15-9-21-6-7-22-15)24(16)10-12-8-13(19)4-5-14(12)20/h4-9H,3,10H2,1-2H3. The summed E-state index contributed by atoms with van der Waals surface area (Å²) in [7, 11) is 0. The van der Waals surface area contributed by atoms with E-state index >= 15 is 0 Å². The number of benzene rings is 1. The first-order valence-electron chi connectivity index (χ1n) is 7.95. The van der Waals surface area contributed by atoms with Crippen molar-refractivity contribution in [2.24, 2.45) is 0 Å². The molecule has 0 atom stereocenters. The van der Waals surface area contributed by atoms with E-state index in [0.717, 1.165) is 5.56 Å². The van der Waals surface area contributed by atoms with Gasteiger partial charge in [0.1, 0.15) is 5.69 Å². The van der Waals surface area contributed by atoms with E-state index in [2.05, 4.69) is 15.0 Å². The molecule has 1 aromatic carbocycles. The summed E-state index contributed by atoms with van der Waals surface area (Å²) < 4.78 is 6.93. The van der Waals surface area contributed by atoms with Crippen LogP contribution in [0.1, 0.15) is 28.7 Å². The zero-order valence-electron chi connectivity index (χ0n) is 14.2. The molecule has 0 saturated heterocycles. The van der Waals surface area contributed by atoms with Crippen molar-refractivity contribution in [1.29, 1.82) is 0 Å². The highest BCUT2D eigenvalue weighted by molar-refractivity contribution is 6.33. The Kier molecular flexibility index (Phi) is 5.54. The van der Waals surface area contributed by atoms with Crippen LogP contribution in [0.5, 0.6) is 0 Å². The number of carbonyl (C=O) groups is 1. The molecule has 2 heterocycles. The Morgan fingerprint density at radius 2 is 2.08 bits per heavy atom. The fraction of sp³-hybridized carbons (Fsp3) is 0.222. The SMILES string of the molecule is CCOC(=O)c1c(C)nc(-c2cnccn2)n1Cc1cc(Cl)ccc1Cl. The maximum atomic E-state index is 12.5. The van der Waals surface area contributed by atoms with Crippen molar-refractivity contribution < 1.29 is 9.53 Å². The summed E-state index contributed by atoms with van der Waals surface area (Å²) in [4.78, 5) is 25.4. The lowest BCUT2D eigenvalue weighted by Gasteiger charge is -2.13. The van der Waals surface area contributed by atoms with Gasteiger partial charge in [-0.1, -0.05) is 23.2 Å². The maximum absolute atomic E-state index is 12.5. The second kappa shape index (κ2) is 7.85. The smallest absolute Gasteiger partial charge is 0.356 e. The molecule has 8 heteroatoms. The number of hydrogen-bond acceptors (Lipinski definition) is 5. The highest BCUT2D eigenvalue weighted by Gasteiger charge is 2.24. The molecule has 0 radical (unpaired) electrons. The Morgan fingerprint density at radius 3 is 2.77 bits per heavy atom. The first-order chi connectivity index (χ1) is 12.5. The molecular weight excluding hydrogens is 375 g/mol. The van der Waals surface area contributed by atoms with Gasteiger partial charge in [0.05, 0.1) is 25.0 Å². The third-order valence-electron chi connectivity index (χ3n) is 3.74. The lowest BCUT2D eigenvalue weighted by atomic mass is 10.2. The van der Waals surface area contributed by atoms with Crippen LogP contribution in [0.4, 0.5) is 0 Å². The predicted molar refractivity (Wildman–Crippen MR) is 99.5 cm³/mol. The lowest BCUT2D eigenvalue weighted by molar-refractivity contribution is 0.0513. The highest BCUT2D eigenvalue weighted by atomic mass is 35.5. The Balaban J connectivity index is 2.16. The summed E-state index contributed by atoms with van der Waals surface area (Å²) in [5.41, 5.74) is 2.20. The number of esters is 1. The number of nitrogens with zero attached hydrogens (tertiary/aromatic N) is 4. The van der Waals surface area contributed by atoms with Crippen LogP contribution in [0, 0.1) is 6.92 Å². The molecule has 6 nitrogen and oxygen atoms in total. The van der Waals surface area contributed by atoms with Crippen LogP contribution in [-0.2, 0) is 11.3 Å². The van der Waals surface area contributed by atoms with E-state index in [9.17, 15) is 4.79 Å². The molecule has 0 bridgehead atoms. The third-order valence-corrected chi connectivity index (χ3v) is 4.34. The average molecular weight is 391 g/mol. The van der Waals surface area contributed by atoms with E-state index in [-0.39, 0.29) is 6.61 Å². The number of ether oxygens (including phenoxy) is 1. The molecule has 3 aromatic rings. The van der Waals surface area contributed by atoms with Crippen molar-refractivity contribution in [2.45, 2.75) is 20.4 Å². The molecule has 3 rings (SSSR count). The van der Waals surface area contributed by atoms with Crippen LogP contribution in [0.2, 0.25) is 10.0 Å². The number of aromatic nitrogens is 4. The zero-order valence-corrected chi connectivity index (χ0v) is 15.8. The van der Waals surface area contributed by atoms with Crippen molar-refractivity contribution in [3.8, 4) is 11.5 Å². The van der Waals surface area contributed by atoms with Crippen molar-refractivity contribution in [2.75, 3.05) is 6.61 Å². The Morgan fingerprint density at radius 1 is 1.27 bits per heavy atom. The highest BCUT2D eigenvalue weighted by Crippen LogP contribution is 2.26. The fourth-order valence-electron chi connectivity index (χ4n) is 2.63. The average Bonchev–Trinajstić information content (AvgIpc) is 2.95. The molecular formula is C18H16Cl2N4O2. The molecule has 26 heavy (non-hydrogen) atoms. The molecule has 0 spiro atoms. The van der Waals surface area contributed by atoms with Gasteiger partial charge in [-0.05, 0) is 37.6 Å². The Hall–Kier alpha value is -2.44. The quantitative estimate of drug-likeness (QED) is 0.611. The van der Waals surface area contributed by atoms with E-state index in [1.807, 2.05) is 0 Å². The topological polar surface area (TPSA) is 69.9 Å². The summed E-state index contributed by atoms with van der Waals surface area (Å²) in [6, 6.07) is 5.19. The second-order valence-corrected chi connectivity index (χ2v) is 6.35. The van der Waals surface area contributed by atoms with Crippen molar-refractivity contribution >= 4 is 29.2 Å². The molecule has 2 aromatic heterocycles. The number of rotatable bonds is 5. The van der Waals surface area contributed by atoms with Crippen molar-refractivity contribution in [1.82, 2.24) is 19.5 Å². The van der Waals surface area contributed by atoms with E-state index < -0.39 is 5.97 Å². The third kappa shape index (κ3) is 3.71. The Labute approximate surface area is 160 Å². The van der Waals surface area contributed by atoms with Crippen molar-refractivity contribution in [3.05, 3.63) is 63.8 Å². The first-order valence-corrected chi connectivity index (χ1v) is 8.71. The van der Waals surface area contributed by atoms with Crippen LogP contribution < -0.4 is 0 Å². The van der Waals surface area contributed by atoms with E-state index in [4.69, 9.17) is 27.9 Å². The number of aryl methyl sites for hydroxylation is 1. The molecule has 0 aliphatic rings. The van der Waals surface area contributed by atoms with E-state index in [1.54, 1.807) is 55.2 Å². The summed E-state index contributed by atoms with van der Waals surface area (Å²) in [5, 5.41) is 1.10. The summed E-state index contributed by atoms with van der Waals surface area (Å²) in [6.45, 7) is 4.07. The van der Waals surface area contributed by atoms with Crippen molar-refractivity contribution in [3.63, 3.8) is 0 Å². The summed E-state index contributed by atoms with van der Waals surface area (Å²) >= 11 is 12.4. The van der Waals surface area contributed by atoms with E-state index in [1.165, 1.54) is 0 Å². The fourth-order valence-corrected chi connectivity index (χ4v) is 3.00. The molecule has 0 saturated carbocycles. The van der Waals surface area contributed by atoms with E-state index in [0.29, 0.717) is 39.5 Å².